The molecule has 1 saturated carbocycles. The molecule has 1 aliphatic heterocycles. The van der Waals surface area contributed by atoms with E-state index < -0.39 is 0 Å². The van der Waals surface area contributed by atoms with Crippen LogP contribution in [-0.2, 0) is 4.74 Å². The number of hydrogen-bond acceptors (Lipinski definition) is 1. The molecule has 0 spiro atoms. The first kappa shape index (κ1) is 14.8. The molecule has 2 fully saturated rings. The molecule has 1 heterocycles. The fraction of sp³-hybridized carbons (Fsp3) is 1.00. The Hall–Kier alpha value is 0.440. The summed E-state index contributed by atoms with van der Waals surface area (Å²) in [5, 5.41) is 0. The molecule has 2 heteroatoms. The largest absolute Gasteiger partial charge is 0.381 e. The van der Waals surface area contributed by atoms with Crippen molar-refractivity contribution in [3.05, 3.63) is 0 Å². The number of hydrogen-bond donors (Lipinski definition) is 0. The van der Waals surface area contributed by atoms with E-state index in [1.165, 1.54) is 38.5 Å². The Morgan fingerprint density at radius 1 is 1.06 bits per heavy atom. The summed E-state index contributed by atoms with van der Waals surface area (Å²) < 4.78 is 5.48. The van der Waals surface area contributed by atoms with Gasteiger partial charge in [0.25, 0.3) is 0 Å². The van der Waals surface area contributed by atoms with E-state index in [0.717, 1.165) is 35.8 Å². The monoisotopic (exact) mass is 316 g/mol. The minimum atomic E-state index is 0.487. The number of halogens is 1. The van der Waals surface area contributed by atoms with Gasteiger partial charge in [-0.25, -0.2) is 0 Å². The average molecular weight is 317 g/mol. The number of ether oxygens (including phenoxy) is 1. The van der Waals surface area contributed by atoms with Crippen LogP contribution in [0.1, 0.15) is 59.3 Å². The van der Waals surface area contributed by atoms with E-state index in [9.17, 15) is 0 Å². The normalized spacial score (nSPS) is 35.7. The summed E-state index contributed by atoms with van der Waals surface area (Å²) in [6.07, 6.45) is 8.20. The molecule has 0 aromatic heterocycles. The van der Waals surface area contributed by atoms with Crippen molar-refractivity contribution in [1.29, 1.82) is 0 Å². The first-order valence-corrected chi connectivity index (χ1v) is 8.60. The van der Waals surface area contributed by atoms with Gasteiger partial charge in [-0.1, -0.05) is 36.7 Å². The molecule has 2 aliphatic rings. The van der Waals surface area contributed by atoms with Gasteiger partial charge >= 0.3 is 0 Å². The molecule has 3 unspecified atom stereocenters. The van der Waals surface area contributed by atoms with Crippen molar-refractivity contribution in [3.8, 4) is 0 Å². The summed E-state index contributed by atoms with van der Waals surface area (Å²) in [6.45, 7) is 9.23. The summed E-state index contributed by atoms with van der Waals surface area (Å²) in [5.74, 6) is 2.73. The molecule has 106 valence electrons. The molecule has 0 bridgehead atoms. The second-order valence-corrected chi connectivity index (χ2v) is 8.62. The highest BCUT2D eigenvalue weighted by molar-refractivity contribution is 9.09. The Bertz CT molecular complexity index is 252. The van der Waals surface area contributed by atoms with Crippen molar-refractivity contribution in [1.82, 2.24) is 0 Å². The Morgan fingerprint density at radius 3 is 2.33 bits per heavy atom. The molecule has 0 amide bonds. The van der Waals surface area contributed by atoms with E-state index in [2.05, 4.69) is 36.7 Å². The van der Waals surface area contributed by atoms with E-state index in [-0.39, 0.29) is 0 Å². The van der Waals surface area contributed by atoms with E-state index in [0.29, 0.717) is 5.41 Å². The molecule has 0 N–H and O–H groups in total. The first-order valence-electron chi connectivity index (χ1n) is 7.68. The van der Waals surface area contributed by atoms with Crippen LogP contribution in [0.5, 0.6) is 0 Å². The second-order valence-electron chi connectivity index (χ2n) is 7.44. The summed E-state index contributed by atoms with van der Waals surface area (Å²) in [7, 11) is 0. The van der Waals surface area contributed by atoms with Crippen molar-refractivity contribution >= 4 is 15.9 Å². The Balaban J connectivity index is 1.88. The highest BCUT2D eigenvalue weighted by Gasteiger charge is 2.35. The van der Waals surface area contributed by atoms with Gasteiger partial charge in [-0.15, -0.1) is 0 Å². The van der Waals surface area contributed by atoms with Crippen LogP contribution in [0.3, 0.4) is 0 Å². The van der Waals surface area contributed by atoms with E-state index >= 15 is 0 Å². The molecule has 1 saturated heterocycles. The maximum Gasteiger partial charge on any atom is 0.0468 e. The predicted molar refractivity (Wildman–Crippen MR) is 81.2 cm³/mol. The maximum absolute atomic E-state index is 5.48. The zero-order valence-electron chi connectivity index (χ0n) is 12.3. The fourth-order valence-corrected chi connectivity index (χ4v) is 4.36. The van der Waals surface area contributed by atoms with Crippen LogP contribution in [0.25, 0.3) is 0 Å². The Labute approximate surface area is 121 Å². The quantitative estimate of drug-likeness (QED) is 0.649. The third-order valence-electron chi connectivity index (χ3n) is 5.09. The molecule has 1 aliphatic carbocycles. The molecule has 3 atom stereocenters. The standard InChI is InChI=1S/C16H29BrO/c1-16(2,3)14-4-5-15(17)13(11-14)10-12-6-8-18-9-7-12/h12-15H,4-11H2,1-3H3. The molecule has 0 aromatic carbocycles. The van der Waals surface area contributed by atoms with Gasteiger partial charge in [-0.05, 0) is 61.7 Å². The third-order valence-corrected chi connectivity index (χ3v) is 6.30. The summed E-state index contributed by atoms with van der Waals surface area (Å²) in [4.78, 5) is 0.763. The van der Waals surface area contributed by atoms with Crippen molar-refractivity contribution < 1.29 is 4.74 Å². The van der Waals surface area contributed by atoms with Crippen molar-refractivity contribution in [2.45, 2.75) is 64.1 Å². The van der Waals surface area contributed by atoms with E-state index in [4.69, 9.17) is 4.74 Å². The van der Waals surface area contributed by atoms with Crippen LogP contribution >= 0.6 is 15.9 Å². The lowest BCUT2D eigenvalue weighted by Crippen LogP contribution is -2.33. The summed E-state index contributed by atoms with van der Waals surface area (Å²) in [5.41, 5.74) is 0.487. The maximum atomic E-state index is 5.48. The minimum absolute atomic E-state index is 0.487. The molecule has 0 radical (unpaired) electrons. The summed E-state index contributed by atoms with van der Waals surface area (Å²) in [6, 6.07) is 0. The van der Waals surface area contributed by atoms with Crippen LogP contribution < -0.4 is 0 Å². The van der Waals surface area contributed by atoms with Crippen LogP contribution in [0, 0.1) is 23.2 Å². The molecule has 0 aromatic rings. The van der Waals surface area contributed by atoms with Crippen LogP contribution in [0.2, 0.25) is 0 Å². The molecular formula is C16H29BrO. The van der Waals surface area contributed by atoms with Gasteiger partial charge in [0.1, 0.15) is 0 Å². The number of rotatable bonds is 2. The van der Waals surface area contributed by atoms with Crippen molar-refractivity contribution in [2.24, 2.45) is 23.2 Å². The zero-order chi connectivity index (χ0) is 13.2. The van der Waals surface area contributed by atoms with Gasteiger partial charge in [0.05, 0.1) is 0 Å². The third kappa shape index (κ3) is 3.96. The highest BCUT2D eigenvalue weighted by Crippen LogP contribution is 2.45. The van der Waals surface area contributed by atoms with Crippen molar-refractivity contribution in [3.63, 3.8) is 0 Å². The highest BCUT2D eigenvalue weighted by atomic mass is 79.9. The lowest BCUT2D eigenvalue weighted by atomic mass is 9.67. The Morgan fingerprint density at radius 2 is 1.72 bits per heavy atom. The molecule has 1 nitrogen and oxygen atoms in total. The lowest BCUT2D eigenvalue weighted by molar-refractivity contribution is 0.0506. The molecule has 18 heavy (non-hydrogen) atoms. The van der Waals surface area contributed by atoms with Crippen LogP contribution in [0.15, 0.2) is 0 Å². The Kier molecular flexibility index (Phi) is 5.16. The lowest BCUT2D eigenvalue weighted by Gasteiger charge is -2.41. The SMILES string of the molecule is CC(C)(C)C1CCC(Br)C(CC2CCOCC2)C1. The van der Waals surface area contributed by atoms with Gasteiger partial charge < -0.3 is 4.74 Å². The molecule has 2 rings (SSSR count). The van der Waals surface area contributed by atoms with E-state index in [1.54, 1.807) is 0 Å². The fourth-order valence-electron chi connectivity index (χ4n) is 3.67. The van der Waals surface area contributed by atoms with Gasteiger partial charge in [0.15, 0.2) is 0 Å². The van der Waals surface area contributed by atoms with Gasteiger partial charge in [-0.2, -0.15) is 0 Å². The molecular weight excluding hydrogens is 288 g/mol. The van der Waals surface area contributed by atoms with Crippen molar-refractivity contribution in [2.75, 3.05) is 13.2 Å². The van der Waals surface area contributed by atoms with Gasteiger partial charge in [0, 0.05) is 18.0 Å². The topological polar surface area (TPSA) is 9.23 Å². The van der Waals surface area contributed by atoms with E-state index in [1.807, 2.05) is 0 Å². The van der Waals surface area contributed by atoms with Crippen LogP contribution in [0.4, 0.5) is 0 Å². The predicted octanol–water partition coefficient (Wildman–Crippen LogP) is 5.03. The zero-order valence-corrected chi connectivity index (χ0v) is 13.8. The van der Waals surface area contributed by atoms with Gasteiger partial charge in [0.2, 0.25) is 0 Å². The smallest absolute Gasteiger partial charge is 0.0468 e. The van der Waals surface area contributed by atoms with Gasteiger partial charge in [-0.3, -0.25) is 0 Å². The number of alkyl halides is 1. The minimum Gasteiger partial charge on any atom is -0.381 e. The summed E-state index contributed by atoms with van der Waals surface area (Å²) >= 11 is 3.94. The first-order chi connectivity index (χ1) is 8.47. The second kappa shape index (κ2) is 6.26. The van der Waals surface area contributed by atoms with Crippen LogP contribution in [-0.4, -0.2) is 18.0 Å². The average Bonchev–Trinajstić information content (AvgIpc) is 2.32.